The highest BCUT2D eigenvalue weighted by Crippen LogP contribution is 2.47. The van der Waals surface area contributed by atoms with Crippen molar-refractivity contribution in [2.75, 3.05) is 5.32 Å². The Morgan fingerprint density at radius 1 is 1.24 bits per heavy atom. The van der Waals surface area contributed by atoms with Crippen molar-refractivity contribution in [2.24, 2.45) is 11.8 Å². The van der Waals surface area contributed by atoms with E-state index in [1.54, 1.807) is 0 Å². The second-order valence-corrected chi connectivity index (χ2v) is 11.6. The van der Waals surface area contributed by atoms with E-state index in [1.807, 2.05) is 6.92 Å². The number of hydrogen-bond donors (Lipinski definition) is 3. The summed E-state index contributed by atoms with van der Waals surface area (Å²) >= 11 is 6.16. The Labute approximate surface area is 200 Å². The van der Waals surface area contributed by atoms with Crippen LogP contribution in [0.5, 0.6) is 0 Å². The summed E-state index contributed by atoms with van der Waals surface area (Å²) in [6.45, 7) is 4.71. The number of sulfone groups is 1. The summed E-state index contributed by atoms with van der Waals surface area (Å²) in [4.78, 5) is 12.3. The van der Waals surface area contributed by atoms with Crippen molar-refractivity contribution in [1.29, 1.82) is 0 Å². The number of halogens is 4. The molecule has 2 aromatic rings. The molecule has 0 bridgehead atoms. The summed E-state index contributed by atoms with van der Waals surface area (Å²) in [7, 11) is -4.04. The summed E-state index contributed by atoms with van der Waals surface area (Å²) in [5, 5.41) is 21.5. The molecular weight excluding hydrogens is 495 g/mol. The molecule has 0 spiro atoms. The van der Waals surface area contributed by atoms with E-state index < -0.39 is 56.1 Å². The maximum Gasteiger partial charge on any atom is 0.255 e. The third kappa shape index (κ3) is 5.10. The van der Waals surface area contributed by atoms with Gasteiger partial charge in [-0.05, 0) is 56.7 Å². The molecule has 6 nitrogen and oxygen atoms in total. The third-order valence-corrected chi connectivity index (χ3v) is 9.23. The minimum atomic E-state index is -4.04. The topological polar surface area (TPSA) is 104 Å². The molecule has 1 saturated carbocycles. The van der Waals surface area contributed by atoms with Crippen LogP contribution in [0.2, 0.25) is 5.02 Å². The Morgan fingerprint density at radius 2 is 1.82 bits per heavy atom. The van der Waals surface area contributed by atoms with E-state index in [0.717, 1.165) is 6.07 Å². The number of hydrogen-bond acceptors (Lipinski definition) is 5. The molecule has 1 aliphatic rings. The van der Waals surface area contributed by atoms with Crippen LogP contribution in [0.1, 0.15) is 44.0 Å². The Hall–Kier alpha value is -2.14. The molecule has 2 aromatic carbocycles. The van der Waals surface area contributed by atoms with Gasteiger partial charge in [0.1, 0.15) is 0 Å². The normalized spacial score (nSPS) is 23.0. The molecule has 1 aliphatic carbocycles. The molecule has 0 aliphatic heterocycles. The Kier molecular flexibility index (Phi) is 7.38. The van der Waals surface area contributed by atoms with Crippen LogP contribution in [0.15, 0.2) is 35.2 Å². The monoisotopic (exact) mass is 519 g/mol. The molecule has 0 saturated heterocycles. The summed E-state index contributed by atoms with van der Waals surface area (Å²) in [6.07, 6.45) is -0.709. The fraction of sp³-hybridized carbons (Fsp3) is 0.435. The van der Waals surface area contributed by atoms with Crippen LogP contribution in [0.25, 0.3) is 0 Å². The minimum Gasteiger partial charge on any atom is -0.390 e. The second kappa shape index (κ2) is 9.49. The molecule has 186 valence electrons. The number of nitrogens with one attached hydrogen (secondary N) is 1. The van der Waals surface area contributed by atoms with Crippen LogP contribution in [-0.2, 0) is 9.84 Å². The first-order valence-corrected chi connectivity index (χ1v) is 12.5. The van der Waals surface area contributed by atoms with Crippen molar-refractivity contribution < 1.29 is 36.6 Å². The van der Waals surface area contributed by atoms with Gasteiger partial charge < -0.3 is 15.5 Å². The number of benzene rings is 2. The first-order valence-electron chi connectivity index (χ1n) is 10.5. The van der Waals surface area contributed by atoms with Crippen LogP contribution in [-0.4, -0.2) is 41.5 Å². The highest BCUT2D eigenvalue weighted by atomic mass is 35.5. The number of aliphatic hydroxyl groups is 2. The molecule has 11 heteroatoms. The number of aliphatic hydroxyl groups excluding tert-OH is 1. The van der Waals surface area contributed by atoms with Gasteiger partial charge in [-0.2, -0.15) is 0 Å². The van der Waals surface area contributed by atoms with E-state index in [0.29, 0.717) is 18.6 Å². The number of carbonyl (C=O) groups is 1. The van der Waals surface area contributed by atoms with Crippen LogP contribution >= 0.6 is 11.6 Å². The Bertz CT molecular complexity index is 1200. The van der Waals surface area contributed by atoms with Crippen LogP contribution < -0.4 is 5.32 Å². The zero-order valence-electron chi connectivity index (χ0n) is 18.6. The molecule has 1 fully saturated rings. The molecule has 2 unspecified atom stereocenters. The zero-order chi connectivity index (χ0) is 25.6. The lowest BCUT2D eigenvalue weighted by atomic mass is 9.68. The van der Waals surface area contributed by atoms with Gasteiger partial charge in [-0.1, -0.05) is 18.5 Å². The molecule has 0 aromatic heterocycles. The van der Waals surface area contributed by atoms with Gasteiger partial charge in [0.2, 0.25) is 0 Å². The average Bonchev–Trinajstić information content (AvgIpc) is 2.74. The Balaban J connectivity index is 1.88. The van der Waals surface area contributed by atoms with Crippen molar-refractivity contribution >= 4 is 33.0 Å². The van der Waals surface area contributed by atoms with Crippen LogP contribution in [0, 0.1) is 29.3 Å². The number of carbonyl (C=O) groups excluding carboxylic acids is 1. The highest BCUT2D eigenvalue weighted by molar-refractivity contribution is 7.92. The fourth-order valence-electron chi connectivity index (χ4n) is 4.08. The van der Waals surface area contributed by atoms with E-state index in [4.69, 9.17) is 11.6 Å². The molecular formula is C23H25ClF3NO5S. The van der Waals surface area contributed by atoms with E-state index in [2.05, 4.69) is 5.32 Å². The second-order valence-electron chi connectivity index (χ2n) is 9.05. The Morgan fingerprint density at radius 3 is 2.35 bits per heavy atom. The minimum absolute atomic E-state index is 0.0291. The van der Waals surface area contributed by atoms with Gasteiger partial charge >= 0.3 is 0 Å². The SMILES string of the molecule is CC(O)[C@@](C)(O)CC1[C@H](C)C[C@@H]1S(=O)(=O)c1cc(C(=O)Nc2cc(F)c(F)c(F)c2)ccc1Cl. The van der Waals surface area contributed by atoms with Crippen molar-refractivity contribution in [1.82, 2.24) is 0 Å². The molecule has 5 atom stereocenters. The summed E-state index contributed by atoms with van der Waals surface area (Å²) in [5.41, 5.74) is -1.99. The molecule has 3 rings (SSSR count). The maximum absolute atomic E-state index is 13.4. The molecule has 0 radical (unpaired) electrons. The fourth-order valence-corrected chi connectivity index (χ4v) is 6.86. The standard InChI is InChI=1S/C23H25ClF3NO5S/c1-11-6-19(15(11)10-23(3,31)12(2)29)34(32,33)20-7-13(4-5-16(20)24)22(30)28-14-8-17(25)21(27)18(26)9-14/h4-5,7-9,11-12,15,19,29,31H,6,10H2,1-3H3,(H,28,30)/t11-,12?,15?,19+,23+/m1/s1. The van der Waals surface area contributed by atoms with Crippen LogP contribution in [0.4, 0.5) is 18.9 Å². The largest absolute Gasteiger partial charge is 0.390 e. The summed E-state index contributed by atoms with van der Waals surface area (Å²) in [6, 6.07) is 4.72. The van der Waals surface area contributed by atoms with Gasteiger partial charge in [0.05, 0.1) is 26.9 Å². The predicted molar refractivity (Wildman–Crippen MR) is 121 cm³/mol. The van der Waals surface area contributed by atoms with Crippen molar-refractivity contribution in [3.05, 3.63) is 58.4 Å². The molecule has 1 amide bonds. The third-order valence-electron chi connectivity index (χ3n) is 6.50. The summed E-state index contributed by atoms with van der Waals surface area (Å²) < 4.78 is 66.8. The lowest BCUT2D eigenvalue weighted by Crippen LogP contribution is -2.51. The summed E-state index contributed by atoms with van der Waals surface area (Å²) in [5.74, 6) is -6.03. The van der Waals surface area contributed by atoms with Crippen molar-refractivity contribution in [2.45, 2.75) is 55.5 Å². The highest BCUT2D eigenvalue weighted by Gasteiger charge is 2.50. The quantitative estimate of drug-likeness (QED) is 0.472. The van der Waals surface area contributed by atoms with Gasteiger partial charge in [-0.25, -0.2) is 21.6 Å². The first kappa shape index (κ1) is 26.5. The van der Waals surface area contributed by atoms with E-state index in [-0.39, 0.29) is 33.5 Å². The van der Waals surface area contributed by atoms with Gasteiger partial charge in [-0.15, -0.1) is 0 Å². The molecule has 0 heterocycles. The van der Waals surface area contributed by atoms with E-state index >= 15 is 0 Å². The van der Waals surface area contributed by atoms with Crippen LogP contribution in [0.3, 0.4) is 0 Å². The van der Waals surface area contributed by atoms with E-state index in [1.165, 1.54) is 26.0 Å². The number of rotatable bonds is 7. The predicted octanol–water partition coefficient (Wildman–Crippen LogP) is 4.33. The zero-order valence-corrected chi connectivity index (χ0v) is 20.2. The average molecular weight is 520 g/mol. The lowest BCUT2D eigenvalue weighted by molar-refractivity contribution is -0.0797. The molecule has 34 heavy (non-hydrogen) atoms. The van der Waals surface area contributed by atoms with Crippen molar-refractivity contribution in [3.8, 4) is 0 Å². The number of amides is 1. The van der Waals surface area contributed by atoms with E-state index in [9.17, 15) is 36.6 Å². The maximum atomic E-state index is 13.4. The van der Waals surface area contributed by atoms with Gasteiger partial charge in [0.15, 0.2) is 27.3 Å². The van der Waals surface area contributed by atoms with Gasteiger partial charge in [0, 0.05) is 23.4 Å². The van der Waals surface area contributed by atoms with Gasteiger partial charge in [-0.3, -0.25) is 4.79 Å². The van der Waals surface area contributed by atoms with Gasteiger partial charge in [0.25, 0.3) is 5.91 Å². The first-order chi connectivity index (χ1) is 15.6. The smallest absolute Gasteiger partial charge is 0.255 e. The number of anilines is 1. The molecule has 3 N–H and O–H groups in total. The van der Waals surface area contributed by atoms with Crippen molar-refractivity contribution in [3.63, 3.8) is 0 Å². The lowest BCUT2D eigenvalue weighted by Gasteiger charge is -2.46.